The maximum Gasteiger partial charge on any atom is 0.0975 e. The molecule has 0 saturated carbocycles. The van der Waals surface area contributed by atoms with Crippen molar-refractivity contribution in [3.63, 3.8) is 0 Å². The number of rotatable bonds is 5. The number of H-pyrrole nitrogens is 1. The maximum absolute atomic E-state index is 10.1. The van der Waals surface area contributed by atoms with Gasteiger partial charge in [-0.1, -0.05) is 25.1 Å². The molecule has 0 radical (unpaired) electrons. The smallest absolute Gasteiger partial charge is 0.0975 e. The van der Waals surface area contributed by atoms with Crippen LogP contribution in [-0.2, 0) is 19.5 Å². The number of aromatic nitrogens is 3. The van der Waals surface area contributed by atoms with Crippen LogP contribution in [0.15, 0.2) is 36.5 Å². The number of aliphatic hydroxyl groups is 1. The minimum absolute atomic E-state index is 0.445. The number of aliphatic hydroxyl groups excluding tert-OH is 1. The normalized spacial score (nSPS) is 16.7. The van der Waals surface area contributed by atoms with E-state index in [2.05, 4.69) is 56.2 Å². The quantitative estimate of drug-likeness (QED) is 0.751. The fourth-order valence-electron chi connectivity index (χ4n) is 3.73. The molecule has 5 nitrogen and oxygen atoms in total. The summed E-state index contributed by atoms with van der Waals surface area (Å²) >= 11 is 0. The van der Waals surface area contributed by atoms with Crippen molar-refractivity contribution < 1.29 is 5.11 Å². The SMILES string of the molecule is CCC(O)c1cc2n(n1)CCCN(CCc1c[nH]c3ccccc13)C2. The predicted molar refractivity (Wildman–Crippen MR) is 99.4 cm³/mol. The van der Waals surface area contributed by atoms with E-state index in [9.17, 15) is 5.11 Å². The van der Waals surface area contributed by atoms with Crippen LogP contribution in [0.2, 0.25) is 0 Å². The highest BCUT2D eigenvalue weighted by Gasteiger charge is 2.19. The molecule has 0 saturated heterocycles. The van der Waals surface area contributed by atoms with Crippen LogP contribution in [0.1, 0.15) is 42.8 Å². The van der Waals surface area contributed by atoms with Crippen molar-refractivity contribution >= 4 is 10.9 Å². The number of nitrogens with zero attached hydrogens (tertiary/aromatic N) is 3. The van der Waals surface area contributed by atoms with Crippen molar-refractivity contribution in [2.45, 2.75) is 45.4 Å². The highest BCUT2D eigenvalue weighted by atomic mass is 16.3. The van der Waals surface area contributed by atoms with Gasteiger partial charge in [0.15, 0.2) is 0 Å². The van der Waals surface area contributed by atoms with Crippen molar-refractivity contribution in [1.82, 2.24) is 19.7 Å². The Morgan fingerprint density at radius 3 is 3.04 bits per heavy atom. The van der Waals surface area contributed by atoms with Crippen molar-refractivity contribution in [3.05, 3.63) is 53.5 Å². The number of fused-ring (bicyclic) bond motifs is 2. The molecule has 132 valence electrons. The average molecular weight is 338 g/mol. The second kappa shape index (κ2) is 7.02. The first-order valence-corrected chi connectivity index (χ1v) is 9.26. The van der Waals surface area contributed by atoms with Gasteiger partial charge in [-0.25, -0.2) is 0 Å². The average Bonchev–Trinajstić information content (AvgIpc) is 3.18. The van der Waals surface area contributed by atoms with E-state index in [1.54, 1.807) is 0 Å². The number of nitrogens with one attached hydrogen (secondary N) is 1. The standard InChI is InChI=1S/C20H26N4O/c1-2-20(25)19-12-16-14-23(9-5-10-24(16)22-19)11-8-15-13-21-18-7-4-3-6-17(15)18/h3-4,6-7,12-13,20-21,25H,2,5,8-11,14H2,1H3. The molecule has 1 aliphatic rings. The second-order valence-corrected chi connectivity index (χ2v) is 6.95. The Morgan fingerprint density at radius 2 is 2.16 bits per heavy atom. The number of hydrogen-bond donors (Lipinski definition) is 2. The van der Waals surface area contributed by atoms with E-state index in [0.29, 0.717) is 6.42 Å². The zero-order valence-electron chi connectivity index (χ0n) is 14.8. The maximum atomic E-state index is 10.1. The van der Waals surface area contributed by atoms with Gasteiger partial charge < -0.3 is 10.1 Å². The summed E-state index contributed by atoms with van der Waals surface area (Å²) in [6.07, 6.45) is 4.55. The van der Waals surface area contributed by atoms with E-state index in [1.165, 1.54) is 22.2 Å². The summed E-state index contributed by atoms with van der Waals surface area (Å²) < 4.78 is 2.08. The first-order chi connectivity index (χ1) is 12.2. The van der Waals surface area contributed by atoms with E-state index in [4.69, 9.17) is 0 Å². The third-order valence-corrected chi connectivity index (χ3v) is 5.21. The molecule has 1 unspecified atom stereocenters. The van der Waals surface area contributed by atoms with E-state index < -0.39 is 6.10 Å². The van der Waals surface area contributed by atoms with Crippen molar-refractivity contribution in [2.24, 2.45) is 0 Å². The molecule has 3 heterocycles. The lowest BCUT2D eigenvalue weighted by Crippen LogP contribution is -2.25. The summed E-state index contributed by atoms with van der Waals surface area (Å²) in [4.78, 5) is 5.87. The Balaban J connectivity index is 1.45. The van der Waals surface area contributed by atoms with Gasteiger partial charge in [-0.05, 0) is 37.0 Å². The molecule has 1 aromatic carbocycles. The van der Waals surface area contributed by atoms with Gasteiger partial charge in [0.05, 0.1) is 17.5 Å². The minimum atomic E-state index is -0.445. The number of aromatic amines is 1. The first-order valence-electron chi connectivity index (χ1n) is 9.26. The van der Waals surface area contributed by atoms with Crippen LogP contribution in [0.25, 0.3) is 10.9 Å². The van der Waals surface area contributed by atoms with Crippen LogP contribution in [0.5, 0.6) is 0 Å². The van der Waals surface area contributed by atoms with Gasteiger partial charge in [0, 0.05) is 43.3 Å². The largest absolute Gasteiger partial charge is 0.387 e. The molecule has 2 aromatic heterocycles. The van der Waals surface area contributed by atoms with Crippen LogP contribution in [0.4, 0.5) is 0 Å². The lowest BCUT2D eigenvalue weighted by molar-refractivity contribution is 0.167. The summed E-state index contributed by atoms with van der Waals surface area (Å²) in [6.45, 7) is 5.97. The van der Waals surface area contributed by atoms with E-state index in [-0.39, 0.29) is 0 Å². The van der Waals surface area contributed by atoms with Gasteiger partial charge in [-0.2, -0.15) is 5.10 Å². The molecule has 4 rings (SSSR count). The van der Waals surface area contributed by atoms with Crippen LogP contribution in [0.3, 0.4) is 0 Å². The van der Waals surface area contributed by atoms with Crippen LogP contribution >= 0.6 is 0 Å². The first kappa shape index (κ1) is 16.4. The van der Waals surface area contributed by atoms with Crippen LogP contribution in [0, 0.1) is 0 Å². The monoisotopic (exact) mass is 338 g/mol. The predicted octanol–water partition coefficient (Wildman–Crippen LogP) is 3.26. The number of benzene rings is 1. The minimum Gasteiger partial charge on any atom is -0.387 e. The molecule has 0 spiro atoms. The van der Waals surface area contributed by atoms with Gasteiger partial charge in [-0.15, -0.1) is 0 Å². The number of hydrogen-bond acceptors (Lipinski definition) is 3. The summed E-state index contributed by atoms with van der Waals surface area (Å²) in [6, 6.07) is 10.6. The van der Waals surface area contributed by atoms with Crippen LogP contribution < -0.4 is 0 Å². The molecular formula is C20H26N4O. The molecular weight excluding hydrogens is 312 g/mol. The molecule has 0 aliphatic carbocycles. The van der Waals surface area contributed by atoms with Gasteiger partial charge in [-0.3, -0.25) is 9.58 Å². The molecule has 5 heteroatoms. The molecule has 0 fully saturated rings. The summed E-state index contributed by atoms with van der Waals surface area (Å²) in [5, 5.41) is 16.0. The second-order valence-electron chi connectivity index (χ2n) is 6.95. The lowest BCUT2D eigenvalue weighted by atomic mass is 10.1. The summed E-state index contributed by atoms with van der Waals surface area (Å²) in [5.74, 6) is 0. The Bertz CT molecular complexity index is 850. The van der Waals surface area contributed by atoms with Gasteiger partial charge in [0.2, 0.25) is 0 Å². The molecule has 2 N–H and O–H groups in total. The van der Waals surface area contributed by atoms with Crippen molar-refractivity contribution in [2.75, 3.05) is 13.1 Å². The molecule has 0 amide bonds. The third kappa shape index (κ3) is 3.34. The number of para-hydroxylation sites is 1. The highest BCUT2D eigenvalue weighted by Crippen LogP contribution is 2.21. The van der Waals surface area contributed by atoms with Crippen LogP contribution in [-0.4, -0.2) is 37.9 Å². The van der Waals surface area contributed by atoms with E-state index in [0.717, 1.165) is 44.7 Å². The van der Waals surface area contributed by atoms with Crippen molar-refractivity contribution in [1.29, 1.82) is 0 Å². The van der Waals surface area contributed by atoms with E-state index >= 15 is 0 Å². The molecule has 25 heavy (non-hydrogen) atoms. The molecule has 1 aliphatic heterocycles. The Hall–Kier alpha value is -2.11. The summed E-state index contributed by atoms with van der Waals surface area (Å²) in [5.41, 5.74) is 4.63. The zero-order valence-corrected chi connectivity index (χ0v) is 14.8. The summed E-state index contributed by atoms with van der Waals surface area (Å²) in [7, 11) is 0. The van der Waals surface area contributed by atoms with Gasteiger partial charge >= 0.3 is 0 Å². The molecule has 3 aromatic rings. The Morgan fingerprint density at radius 1 is 1.28 bits per heavy atom. The molecule has 1 atom stereocenters. The zero-order chi connectivity index (χ0) is 17.2. The Labute approximate surface area is 148 Å². The topological polar surface area (TPSA) is 57.1 Å². The van der Waals surface area contributed by atoms with E-state index in [1.807, 2.05) is 6.92 Å². The number of aryl methyl sites for hydroxylation is 1. The van der Waals surface area contributed by atoms with Crippen molar-refractivity contribution in [3.8, 4) is 0 Å². The fraction of sp³-hybridized carbons (Fsp3) is 0.450. The van der Waals surface area contributed by atoms with Gasteiger partial charge in [0.25, 0.3) is 0 Å². The highest BCUT2D eigenvalue weighted by molar-refractivity contribution is 5.83. The fourth-order valence-corrected chi connectivity index (χ4v) is 3.73. The Kier molecular flexibility index (Phi) is 4.59. The van der Waals surface area contributed by atoms with Gasteiger partial charge in [0.1, 0.15) is 0 Å². The lowest BCUT2D eigenvalue weighted by Gasteiger charge is -2.19. The third-order valence-electron chi connectivity index (χ3n) is 5.21. The molecule has 0 bridgehead atoms.